The minimum Gasteiger partial charge on any atom is -0.324 e. The summed E-state index contributed by atoms with van der Waals surface area (Å²) in [6, 6.07) is 4.58. The van der Waals surface area contributed by atoms with Gasteiger partial charge in [-0.2, -0.15) is 5.10 Å². The van der Waals surface area contributed by atoms with Crippen molar-refractivity contribution in [3.05, 3.63) is 40.1 Å². The number of fused-ring (bicyclic) bond motifs is 1. The van der Waals surface area contributed by atoms with Crippen LogP contribution in [0.25, 0.3) is 0 Å². The van der Waals surface area contributed by atoms with Crippen molar-refractivity contribution in [2.75, 3.05) is 24.5 Å². The molecule has 4 heteroatoms. The van der Waals surface area contributed by atoms with Gasteiger partial charge in [-0.1, -0.05) is 24.6 Å². The third-order valence-corrected chi connectivity index (χ3v) is 5.24. The number of aryl methyl sites for hydroxylation is 4. The number of hydrogen-bond acceptors (Lipinski definition) is 3. The molecule has 1 aromatic carbocycles. The molecule has 0 saturated carbocycles. The molecule has 0 bridgehead atoms. The molecule has 1 aliphatic rings. The van der Waals surface area contributed by atoms with Gasteiger partial charge in [-0.05, 0) is 70.7 Å². The van der Waals surface area contributed by atoms with E-state index in [2.05, 4.69) is 61.8 Å². The van der Waals surface area contributed by atoms with E-state index >= 15 is 0 Å². The first-order chi connectivity index (χ1) is 12.0. The monoisotopic (exact) mass is 340 g/mol. The lowest BCUT2D eigenvalue weighted by molar-refractivity contribution is 0.634. The highest BCUT2D eigenvalue weighted by Crippen LogP contribution is 2.38. The summed E-state index contributed by atoms with van der Waals surface area (Å²) < 4.78 is 2.12. The smallest absolute Gasteiger partial charge is 0.158 e. The van der Waals surface area contributed by atoms with Crippen molar-refractivity contribution in [2.24, 2.45) is 7.05 Å². The SMILES string of the molecule is CCNCCCc1c2c(nn1C)N(c1c(C)cc(C)cc1C)CCC2. The fourth-order valence-corrected chi connectivity index (χ4v) is 4.27. The number of anilines is 2. The molecule has 0 saturated heterocycles. The highest BCUT2D eigenvalue weighted by molar-refractivity contribution is 5.71. The van der Waals surface area contributed by atoms with Gasteiger partial charge < -0.3 is 10.2 Å². The molecule has 1 aliphatic heterocycles. The van der Waals surface area contributed by atoms with Crippen LogP contribution in [0.2, 0.25) is 0 Å². The van der Waals surface area contributed by atoms with Crippen molar-refractivity contribution in [3.63, 3.8) is 0 Å². The van der Waals surface area contributed by atoms with E-state index in [1.54, 1.807) is 0 Å². The van der Waals surface area contributed by atoms with E-state index in [1.807, 2.05) is 0 Å². The first-order valence-electron chi connectivity index (χ1n) is 9.63. The van der Waals surface area contributed by atoms with Crippen LogP contribution >= 0.6 is 0 Å². The molecule has 0 radical (unpaired) electrons. The summed E-state index contributed by atoms with van der Waals surface area (Å²) in [6.07, 6.45) is 4.62. The Balaban J connectivity index is 1.93. The zero-order valence-electron chi connectivity index (χ0n) is 16.4. The van der Waals surface area contributed by atoms with E-state index in [4.69, 9.17) is 5.10 Å². The Labute approximate surface area is 152 Å². The molecule has 25 heavy (non-hydrogen) atoms. The van der Waals surface area contributed by atoms with Gasteiger partial charge in [0.25, 0.3) is 0 Å². The van der Waals surface area contributed by atoms with E-state index in [-0.39, 0.29) is 0 Å². The number of nitrogens with one attached hydrogen (secondary N) is 1. The third kappa shape index (κ3) is 3.59. The van der Waals surface area contributed by atoms with E-state index in [9.17, 15) is 0 Å². The Morgan fingerprint density at radius 1 is 1.16 bits per heavy atom. The zero-order valence-corrected chi connectivity index (χ0v) is 16.4. The van der Waals surface area contributed by atoms with Crippen molar-refractivity contribution in [3.8, 4) is 0 Å². The van der Waals surface area contributed by atoms with Crippen molar-refractivity contribution in [2.45, 2.75) is 53.4 Å². The lowest BCUT2D eigenvalue weighted by Gasteiger charge is -2.31. The average Bonchev–Trinajstić information content (AvgIpc) is 2.87. The van der Waals surface area contributed by atoms with Crippen LogP contribution in [0.4, 0.5) is 11.5 Å². The molecule has 0 fully saturated rings. The van der Waals surface area contributed by atoms with Crippen LogP contribution in [0.15, 0.2) is 12.1 Å². The predicted octanol–water partition coefficient (Wildman–Crippen LogP) is 3.97. The van der Waals surface area contributed by atoms with Crippen LogP contribution < -0.4 is 10.2 Å². The molecule has 2 heterocycles. The van der Waals surface area contributed by atoms with Gasteiger partial charge in [0, 0.05) is 30.5 Å². The molecule has 0 amide bonds. The van der Waals surface area contributed by atoms with Gasteiger partial charge in [-0.15, -0.1) is 0 Å². The lowest BCUT2D eigenvalue weighted by Crippen LogP contribution is -2.26. The minimum absolute atomic E-state index is 1.04. The summed E-state index contributed by atoms with van der Waals surface area (Å²) in [4.78, 5) is 2.46. The summed E-state index contributed by atoms with van der Waals surface area (Å²) >= 11 is 0. The van der Waals surface area contributed by atoms with Gasteiger partial charge in [-0.25, -0.2) is 0 Å². The fourth-order valence-electron chi connectivity index (χ4n) is 4.27. The summed E-state index contributed by atoms with van der Waals surface area (Å²) in [5.74, 6) is 1.18. The normalized spacial score (nSPS) is 14.0. The Morgan fingerprint density at radius 2 is 1.88 bits per heavy atom. The maximum Gasteiger partial charge on any atom is 0.158 e. The van der Waals surface area contributed by atoms with Gasteiger partial charge >= 0.3 is 0 Å². The summed E-state index contributed by atoms with van der Waals surface area (Å²) in [5, 5.41) is 8.36. The van der Waals surface area contributed by atoms with E-state index < -0.39 is 0 Å². The van der Waals surface area contributed by atoms with Crippen LogP contribution in [0.1, 0.15) is 47.7 Å². The Kier molecular flexibility index (Phi) is 5.48. The zero-order chi connectivity index (χ0) is 18.0. The topological polar surface area (TPSA) is 33.1 Å². The van der Waals surface area contributed by atoms with Crippen LogP contribution in [0, 0.1) is 20.8 Å². The molecule has 0 atom stereocenters. The summed E-state index contributed by atoms with van der Waals surface area (Å²) in [5.41, 5.74) is 8.27. The van der Waals surface area contributed by atoms with Crippen LogP contribution in [0.3, 0.4) is 0 Å². The summed E-state index contributed by atoms with van der Waals surface area (Å²) in [6.45, 7) is 12.0. The number of nitrogens with zero attached hydrogens (tertiary/aromatic N) is 3. The number of benzene rings is 1. The van der Waals surface area contributed by atoms with Crippen molar-refractivity contribution >= 4 is 11.5 Å². The van der Waals surface area contributed by atoms with Crippen molar-refractivity contribution in [1.82, 2.24) is 15.1 Å². The molecular formula is C21H32N4. The van der Waals surface area contributed by atoms with E-state index in [0.29, 0.717) is 0 Å². The van der Waals surface area contributed by atoms with E-state index in [0.717, 1.165) is 32.5 Å². The standard InChI is InChI=1S/C21H32N4/c1-6-22-11-7-10-19-18-9-8-12-25(21(18)23-24(19)5)20-16(3)13-15(2)14-17(20)4/h13-14,22H,6-12H2,1-5H3. The molecule has 0 spiro atoms. The Bertz CT molecular complexity index is 722. The molecule has 136 valence electrons. The van der Waals surface area contributed by atoms with Gasteiger partial charge in [0.2, 0.25) is 0 Å². The van der Waals surface area contributed by atoms with Crippen LogP contribution in [-0.4, -0.2) is 29.4 Å². The maximum absolute atomic E-state index is 4.93. The molecule has 0 aliphatic carbocycles. The molecule has 3 rings (SSSR count). The predicted molar refractivity (Wildman–Crippen MR) is 106 cm³/mol. The van der Waals surface area contributed by atoms with Gasteiger partial charge in [0.05, 0.1) is 0 Å². The molecular weight excluding hydrogens is 308 g/mol. The second kappa shape index (κ2) is 7.61. The van der Waals surface area contributed by atoms with Crippen LogP contribution in [0.5, 0.6) is 0 Å². The Hall–Kier alpha value is -1.81. The molecule has 2 aromatic rings. The third-order valence-electron chi connectivity index (χ3n) is 5.24. The van der Waals surface area contributed by atoms with Crippen molar-refractivity contribution < 1.29 is 0 Å². The average molecular weight is 341 g/mol. The van der Waals surface area contributed by atoms with Gasteiger partial charge in [0.1, 0.15) is 0 Å². The highest BCUT2D eigenvalue weighted by atomic mass is 15.4. The quantitative estimate of drug-likeness (QED) is 0.808. The lowest BCUT2D eigenvalue weighted by atomic mass is 9.98. The molecule has 1 N–H and O–H groups in total. The first kappa shape index (κ1) is 18.0. The maximum atomic E-state index is 4.93. The highest BCUT2D eigenvalue weighted by Gasteiger charge is 2.27. The largest absolute Gasteiger partial charge is 0.324 e. The molecule has 1 aromatic heterocycles. The number of hydrogen-bond donors (Lipinski definition) is 1. The van der Waals surface area contributed by atoms with Gasteiger partial charge in [-0.3, -0.25) is 4.68 Å². The van der Waals surface area contributed by atoms with Gasteiger partial charge in [0.15, 0.2) is 5.82 Å². The molecule has 4 nitrogen and oxygen atoms in total. The fraction of sp³-hybridized carbons (Fsp3) is 0.571. The minimum atomic E-state index is 1.04. The first-order valence-corrected chi connectivity index (χ1v) is 9.63. The molecule has 0 unspecified atom stereocenters. The number of aromatic nitrogens is 2. The second-order valence-electron chi connectivity index (χ2n) is 7.33. The Morgan fingerprint density at radius 3 is 2.56 bits per heavy atom. The van der Waals surface area contributed by atoms with Crippen molar-refractivity contribution in [1.29, 1.82) is 0 Å². The summed E-state index contributed by atoms with van der Waals surface area (Å²) in [7, 11) is 2.11. The number of rotatable bonds is 6. The van der Waals surface area contributed by atoms with E-state index in [1.165, 1.54) is 52.3 Å². The van der Waals surface area contributed by atoms with Crippen LogP contribution in [-0.2, 0) is 19.9 Å². The second-order valence-corrected chi connectivity index (χ2v) is 7.33.